The molecule has 0 spiro atoms. The van der Waals surface area contributed by atoms with Gasteiger partial charge in [0.2, 0.25) is 10.0 Å². The molecule has 0 atom stereocenters. The minimum absolute atomic E-state index is 0.256. The van der Waals surface area contributed by atoms with Gasteiger partial charge in [0.25, 0.3) is 0 Å². The predicted molar refractivity (Wildman–Crippen MR) is 86.2 cm³/mol. The van der Waals surface area contributed by atoms with E-state index in [2.05, 4.69) is 10.0 Å². The van der Waals surface area contributed by atoms with Crippen LogP contribution in [-0.2, 0) is 16.6 Å². The molecule has 0 aromatic heterocycles. The Kier molecular flexibility index (Phi) is 4.09. The van der Waals surface area contributed by atoms with Crippen molar-refractivity contribution in [3.63, 3.8) is 0 Å². The Morgan fingerprint density at radius 2 is 1.68 bits per heavy atom. The van der Waals surface area contributed by atoms with Crippen LogP contribution in [0.4, 0.5) is 0 Å². The minimum atomic E-state index is -3.47. The molecule has 1 aliphatic rings. The van der Waals surface area contributed by atoms with Gasteiger partial charge < -0.3 is 0 Å². The third kappa shape index (κ3) is 3.27. The summed E-state index contributed by atoms with van der Waals surface area (Å²) in [5, 5.41) is 4.23. The first-order chi connectivity index (χ1) is 10.6. The van der Waals surface area contributed by atoms with Crippen molar-refractivity contribution in [1.82, 2.24) is 10.0 Å². The van der Waals surface area contributed by atoms with Gasteiger partial charge in [-0.05, 0) is 29.8 Å². The van der Waals surface area contributed by atoms with Crippen LogP contribution in [0.5, 0.6) is 0 Å². The molecule has 2 aromatic rings. The molecule has 0 bridgehead atoms. The molecule has 2 aromatic carbocycles. The Balaban J connectivity index is 1.67. The Labute approximate surface area is 130 Å². The van der Waals surface area contributed by atoms with E-state index in [9.17, 15) is 8.42 Å². The third-order valence-corrected chi connectivity index (χ3v) is 4.74. The van der Waals surface area contributed by atoms with Crippen LogP contribution in [-0.4, -0.2) is 8.42 Å². The molecule has 1 N–H and O–H groups in total. The number of benzene rings is 2. The molecular weight excluding hydrogens is 296 g/mol. The lowest BCUT2D eigenvalue weighted by molar-refractivity contribution is 0.581. The second kappa shape index (κ2) is 6.17. The smallest absolute Gasteiger partial charge is 0.240 e. The lowest BCUT2D eigenvalue weighted by Gasteiger charge is -2.08. The van der Waals surface area contributed by atoms with Crippen molar-refractivity contribution >= 4 is 15.7 Å². The molecule has 0 fully saturated rings. The normalized spacial score (nSPS) is 13.7. The van der Waals surface area contributed by atoms with Crippen LogP contribution in [0.2, 0.25) is 0 Å². The van der Waals surface area contributed by atoms with Crippen LogP contribution in [0.25, 0.3) is 5.70 Å². The zero-order chi connectivity index (χ0) is 15.4. The van der Waals surface area contributed by atoms with Gasteiger partial charge in [-0.15, -0.1) is 0 Å². The van der Waals surface area contributed by atoms with E-state index in [0.717, 1.165) is 16.8 Å². The molecule has 0 unspecified atom stereocenters. The molecule has 1 heterocycles. The molecule has 22 heavy (non-hydrogen) atoms. The zero-order valence-corrected chi connectivity index (χ0v) is 12.6. The number of sulfonamides is 1. The summed E-state index contributed by atoms with van der Waals surface area (Å²) in [7, 11) is -3.47. The maximum atomic E-state index is 12.1. The summed E-state index contributed by atoms with van der Waals surface area (Å²) in [5.41, 5.74) is 2.82. The van der Waals surface area contributed by atoms with E-state index < -0.39 is 10.0 Å². The van der Waals surface area contributed by atoms with Gasteiger partial charge in [-0.1, -0.05) is 42.5 Å². The van der Waals surface area contributed by atoms with Crippen LogP contribution in [0.3, 0.4) is 0 Å². The van der Waals surface area contributed by atoms with Crippen molar-refractivity contribution in [2.45, 2.75) is 11.4 Å². The van der Waals surface area contributed by atoms with Gasteiger partial charge in [-0.2, -0.15) is 0 Å². The van der Waals surface area contributed by atoms with E-state index in [1.165, 1.54) is 0 Å². The molecule has 1 radical (unpaired) electrons. The number of rotatable bonds is 5. The first-order valence-electron chi connectivity index (χ1n) is 6.87. The molecule has 3 rings (SSSR count). The van der Waals surface area contributed by atoms with Gasteiger partial charge in [-0.25, -0.2) is 13.1 Å². The molecule has 111 valence electrons. The zero-order valence-electron chi connectivity index (χ0n) is 11.8. The fourth-order valence-corrected chi connectivity index (χ4v) is 3.16. The average molecular weight is 311 g/mol. The van der Waals surface area contributed by atoms with Gasteiger partial charge in [-0.3, -0.25) is 5.32 Å². The van der Waals surface area contributed by atoms with Crippen LogP contribution < -0.4 is 10.0 Å². The molecular formula is C17H15N2O2S. The highest BCUT2D eigenvalue weighted by atomic mass is 32.2. The lowest BCUT2D eigenvalue weighted by atomic mass is 10.1. The minimum Gasteiger partial charge on any atom is -0.256 e. The summed E-state index contributed by atoms with van der Waals surface area (Å²) in [5.74, 6) is 0. The largest absolute Gasteiger partial charge is 0.256 e. The number of hydrogen-bond donors (Lipinski definition) is 1. The van der Waals surface area contributed by atoms with Gasteiger partial charge in [0.15, 0.2) is 0 Å². The van der Waals surface area contributed by atoms with Crippen molar-refractivity contribution in [2.24, 2.45) is 0 Å². The lowest BCUT2D eigenvalue weighted by Crippen LogP contribution is -2.23. The molecule has 0 saturated carbocycles. The molecule has 1 aliphatic heterocycles. The SMILES string of the molecule is O=S(=O)(NCc1ccc(C2=CC=C[N]2)cc1)c1ccccc1. The summed E-state index contributed by atoms with van der Waals surface area (Å²) in [6, 6.07) is 16.0. The van der Waals surface area contributed by atoms with Crippen LogP contribution in [0.1, 0.15) is 11.1 Å². The molecule has 0 amide bonds. The van der Waals surface area contributed by atoms with Gasteiger partial charge in [0.05, 0.1) is 10.6 Å². The topological polar surface area (TPSA) is 60.3 Å². The van der Waals surface area contributed by atoms with Gasteiger partial charge >= 0.3 is 0 Å². The summed E-state index contributed by atoms with van der Waals surface area (Å²) in [6.07, 6.45) is 5.57. The fraction of sp³-hybridized carbons (Fsp3) is 0.0588. The quantitative estimate of drug-likeness (QED) is 0.923. The number of nitrogens with zero attached hydrogens (tertiary/aromatic N) is 1. The summed E-state index contributed by atoms with van der Waals surface area (Å²) >= 11 is 0. The molecule has 5 heteroatoms. The number of hydrogen-bond acceptors (Lipinski definition) is 2. The average Bonchev–Trinajstić information content (AvgIpc) is 3.09. The summed E-state index contributed by atoms with van der Waals surface area (Å²) in [6.45, 7) is 0.256. The van der Waals surface area contributed by atoms with Gasteiger partial charge in [0, 0.05) is 18.3 Å². The second-order valence-electron chi connectivity index (χ2n) is 4.86. The fourth-order valence-electron chi connectivity index (χ4n) is 2.13. The number of nitrogens with one attached hydrogen (secondary N) is 1. The maximum Gasteiger partial charge on any atom is 0.240 e. The van der Waals surface area contributed by atoms with E-state index >= 15 is 0 Å². The van der Waals surface area contributed by atoms with Crippen LogP contribution >= 0.6 is 0 Å². The monoisotopic (exact) mass is 311 g/mol. The summed E-state index contributed by atoms with van der Waals surface area (Å²) < 4.78 is 26.9. The second-order valence-corrected chi connectivity index (χ2v) is 6.62. The van der Waals surface area contributed by atoms with Crippen molar-refractivity contribution < 1.29 is 8.42 Å². The molecule has 4 nitrogen and oxygen atoms in total. The molecule has 0 saturated heterocycles. The first kappa shape index (κ1) is 14.6. The highest BCUT2D eigenvalue weighted by molar-refractivity contribution is 7.89. The van der Waals surface area contributed by atoms with Crippen molar-refractivity contribution in [3.05, 3.63) is 84.1 Å². The van der Waals surface area contributed by atoms with Crippen LogP contribution in [0.15, 0.2) is 77.8 Å². The number of allylic oxidation sites excluding steroid dienone is 2. The van der Waals surface area contributed by atoms with Crippen molar-refractivity contribution in [2.75, 3.05) is 0 Å². The maximum absolute atomic E-state index is 12.1. The van der Waals surface area contributed by atoms with E-state index in [-0.39, 0.29) is 11.4 Å². The predicted octanol–water partition coefficient (Wildman–Crippen LogP) is 2.64. The standard InChI is InChI=1S/C17H15N2O2S/c20-22(21,16-5-2-1-3-6-16)19-13-14-8-10-15(11-9-14)17-7-4-12-18-17/h1-12,19H,13H2. The Morgan fingerprint density at radius 3 is 2.32 bits per heavy atom. The first-order valence-corrected chi connectivity index (χ1v) is 8.35. The summed E-state index contributed by atoms with van der Waals surface area (Å²) in [4.78, 5) is 0.271. The van der Waals surface area contributed by atoms with Crippen molar-refractivity contribution in [3.8, 4) is 0 Å². The third-order valence-electron chi connectivity index (χ3n) is 3.32. The Hall–Kier alpha value is -2.37. The van der Waals surface area contributed by atoms with Crippen molar-refractivity contribution in [1.29, 1.82) is 0 Å². The van der Waals surface area contributed by atoms with E-state index in [0.29, 0.717) is 0 Å². The highest BCUT2D eigenvalue weighted by Crippen LogP contribution is 2.17. The van der Waals surface area contributed by atoms with E-state index in [1.807, 2.05) is 36.4 Å². The van der Waals surface area contributed by atoms with Crippen LogP contribution in [0, 0.1) is 0 Å². The molecule has 0 aliphatic carbocycles. The Bertz CT molecular complexity index is 807. The van der Waals surface area contributed by atoms with Gasteiger partial charge in [0.1, 0.15) is 0 Å². The Morgan fingerprint density at radius 1 is 0.955 bits per heavy atom. The van der Waals surface area contributed by atoms with E-state index in [1.54, 1.807) is 36.5 Å². The van der Waals surface area contributed by atoms with E-state index in [4.69, 9.17) is 0 Å². The highest BCUT2D eigenvalue weighted by Gasteiger charge is 2.12.